The van der Waals surface area contributed by atoms with E-state index in [1.54, 1.807) is 55.6 Å². The Balaban J connectivity index is 1.75. The van der Waals surface area contributed by atoms with Crippen LogP contribution < -0.4 is 15.9 Å². The molecule has 7 heteroatoms. The third-order valence-electron chi connectivity index (χ3n) is 3.70. The van der Waals surface area contributed by atoms with Crippen LogP contribution in [-0.4, -0.2) is 22.9 Å². The van der Waals surface area contributed by atoms with Crippen LogP contribution in [0.1, 0.15) is 5.56 Å². The van der Waals surface area contributed by atoms with Crippen molar-refractivity contribution >= 4 is 16.7 Å². The molecule has 3 rings (SSSR count). The highest BCUT2D eigenvalue weighted by atomic mass is 16.5. The first kappa shape index (κ1) is 16.5. The molecule has 0 radical (unpaired) electrons. The first-order valence-corrected chi connectivity index (χ1v) is 7.59. The van der Waals surface area contributed by atoms with E-state index >= 15 is 0 Å². The lowest BCUT2D eigenvalue weighted by Crippen LogP contribution is -2.32. The molecule has 0 fully saturated rings. The van der Waals surface area contributed by atoms with Crippen LogP contribution in [0, 0.1) is 0 Å². The lowest BCUT2D eigenvalue weighted by atomic mass is 10.2. The van der Waals surface area contributed by atoms with Crippen molar-refractivity contribution in [3.8, 4) is 5.75 Å². The van der Waals surface area contributed by atoms with E-state index in [2.05, 4.69) is 5.10 Å². The minimum absolute atomic E-state index is 0.0442. The van der Waals surface area contributed by atoms with Crippen molar-refractivity contribution < 1.29 is 14.3 Å². The molecule has 7 nitrogen and oxygen atoms in total. The summed E-state index contributed by atoms with van der Waals surface area (Å²) in [5.74, 6) is 0.0273. The van der Waals surface area contributed by atoms with E-state index in [1.807, 2.05) is 0 Å². The minimum atomic E-state index is -0.629. The van der Waals surface area contributed by atoms with Crippen LogP contribution in [0.4, 0.5) is 0 Å². The number of esters is 1. The number of carbonyl (C=O) groups excluding carboxylic acids is 1. The third kappa shape index (κ3) is 3.60. The van der Waals surface area contributed by atoms with Crippen molar-refractivity contribution in [3.63, 3.8) is 0 Å². The Morgan fingerprint density at radius 3 is 2.60 bits per heavy atom. The Morgan fingerprint density at radius 2 is 1.84 bits per heavy atom. The van der Waals surface area contributed by atoms with Crippen LogP contribution in [0.3, 0.4) is 0 Å². The van der Waals surface area contributed by atoms with Gasteiger partial charge in [-0.1, -0.05) is 24.3 Å². The smallest absolute Gasteiger partial charge is 0.328 e. The maximum absolute atomic E-state index is 12.3. The summed E-state index contributed by atoms with van der Waals surface area (Å²) in [5, 5.41) is 2.94. The van der Waals surface area contributed by atoms with E-state index in [1.165, 1.54) is 0 Å². The number of hydrogen-bond acceptors (Lipinski definition) is 5. The summed E-state index contributed by atoms with van der Waals surface area (Å²) in [6.45, 7) is -0.328. The summed E-state index contributed by atoms with van der Waals surface area (Å²) in [7, 11) is 1.55. The molecular weight excluding hydrogens is 324 g/mol. The second-order valence-corrected chi connectivity index (χ2v) is 5.39. The number of hydrogen-bond donors (Lipinski definition) is 1. The van der Waals surface area contributed by atoms with Gasteiger partial charge in [-0.15, -0.1) is 0 Å². The van der Waals surface area contributed by atoms with Gasteiger partial charge in [-0.2, -0.15) is 0 Å². The maximum atomic E-state index is 12.3. The van der Waals surface area contributed by atoms with E-state index in [-0.39, 0.29) is 23.9 Å². The lowest BCUT2D eigenvalue weighted by Gasteiger charge is -2.08. The second kappa shape index (κ2) is 7.04. The van der Waals surface area contributed by atoms with E-state index in [0.717, 1.165) is 10.2 Å². The number of H-pyrrole nitrogens is 1. The summed E-state index contributed by atoms with van der Waals surface area (Å²) < 4.78 is 11.2. The van der Waals surface area contributed by atoms with Gasteiger partial charge >= 0.3 is 5.97 Å². The van der Waals surface area contributed by atoms with Gasteiger partial charge in [0.05, 0.1) is 17.9 Å². The number of fused-ring (bicyclic) bond motifs is 1. The molecule has 25 heavy (non-hydrogen) atoms. The van der Waals surface area contributed by atoms with Crippen LogP contribution in [0.2, 0.25) is 0 Å². The SMILES string of the molecule is COc1cccc(COC(=O)Cn2[nH]c(=O)c3ccccc3c2=O)c1. The van der Waals surface area contributed by atoms with Gasteiger partial charge in [0.2, 0.25) is 0 Å². The molecule has 0 bridgehead atoms. The van der Waals surface area contributed by atoms with Crippen molar-refractivity contribution in [2.24, 2.45) is 0 Å². The molecule has 1 aromatic heterocycles. The van der Waals surface area contributed by atoms with Crippen LogP contribution >= 0.6 is 0 Å². The Bertz CT molecular complexity index is 1040. The number of methoxy groups -OCH3 is 1. The highest BCUT2D eigenvalue weighted by Crippen LogP contribution is 2.13. The zero-order valence-electron chi connectivity index (χ0n) is 13.5. The van der Waals surface area contributed by atoms with Gasteiger partial charge in [-0.25, -0.2) is 4.68 Å². The number of aromatic nitrogens is 2. The van der Waals surface area contributed by atoms with E-state index < -0.39 is 17.1 Å². The van der Waals surface area contributed by atoms with Gasteiger partial charge in [-0.3, -0.25) is 19.5 Å². The van der Waals surface area contributed by atoms with Crippen molar-refractivity contribution in [2.75, 3.05) is 7.11 Å². The average Bonchev–Trinajstić information content (AvgIpc) is 2.64. The highest BCUT2D eigenvalue weighted by molar-refractivity contribution is 5.80. The summed E-state index contributed by atoms with van der Waals surface area (Å²) in [6.07, 6.45) is 0. The van der Waals surface area contributed by atoms with Gasteiger partial charge < -0.3 is 9.47 Å². The Morgan fingerprint density at radius 1 is 1.08 bits per heavy atom. The van der Waals surface area contributed by atoms with Crippen molar-refractivity contribution in [3.05, 3.63) is 74.8 Å². The number of nitrogens with zero attached hydrogens (tertiary/aromatic N) is 1. The third-order valence-corrected chi connectivity index (χ3v) is 3.70. The first-order valence-electron chi connectivity index (χ1n) is 7.59. The number of ether oxygens (including phenoxy) is 2. The summed E-state index contributed by atoms with van der Waals surface area (Å²) in [6, 6.07) is 13.5. The van der Waals surface area contributed by atoms with Crippen LogP contribution in [-0.2, 0) is 22.7 Å². The predicted octanol–water partition coefficient (Wildman–Crippen LogP) is 1.44. The maximum Gasteiger partial charge on any atom is 0.328 e. The fourth-order valence-electron chi connectivity index (χ4n) is 2.46. The summed E-state index contributed by atoms with van der Waals surface area (Å²) in [4.78, 5) is 36.3. The average molecular weight is 340 g/mol. The summed E-state index contributed by atoms with van der Waals surface area (Å²) >= 11 is 0. The Labute approximate surface area is 142 Å². The Kier molecular flexibility index (Phi) is 4.65. The minimum Gasteiger partial charge on any atom is -0.497 e. The molecule has 0 unspecified atom stereocenters. The fraction of sp³-hybridized carbons (Fsp3) is 0.167. The zero-order chi connectivity index (χ0) is 17.8. The number of aromatic amines is 1. The molecule has 128 valence electrons. The van der Waals surface area contributed by atoms with Crippen molar-refractivity contribution in [1.82, 2.24) is 9.78 Å². The van der Waals surface area contributed by atoms with Gasteiger partial charge in [-0.05, 0) is 29.8 Å². The topological polar surface area (TPSA) is 90.4 Å². The number of rotatable bonds is 5. The van der Waals surface area contributed by atoms with E-state index in [9.17, 15) is 14.4 Å². The predicted molar refractivity (Wildman–Crippen MR) is 91.6 cm³/mol. The number of benzene rings is 2. The molecule has 0 aliphatic rings. The molecular formula is C18H16N2O5. The van der Waals surface area contributed by atoms with Crippen LogP contribution in [0.15, 0.2) is 58.1 Å². The molecule has 0 amide bonds. The van der Waals surface area contributed by atoms with Crippen molar-refractivity contribution in [1.29, 1.82) is 0 Å². The molecule has 0 spiro atoms. The van der Waals surface area contributed by atoms with Crippen LogP contribution in [0.25, 0.3) is 10.8 Å². The highest BCUT2D eigenvalue weighted by Gasteiger charge is 2.11. The summed E-state index contributed by atoms with van der Waals surface area (Å²) in [5.41, 5.74) is -0.128. The second-order valence-electron chi connectivity index (χ2n) is 5.39. The normalized spacial score (nSPS) is 10.6. The fourth-order valence-corrected chi connectivity index (χ4v) is 2.46. The lowest BCUT2D eigenvalue weighted by molar-refractivity contribution is -0.146. The van der Waals surface area contributed by atoms with Gasteiger partial charge in [0.1, 0.15) is 18.9 Å². The molecule has 2 aromatic carbocycles. The molecule has 1 heterocycles. The van der Waals surface area contributed by atoms with Crippen LogP contribution in [0.5, 0.6) is 5.75 Å². The van der Waals surface area contributed by atoms with E-state index in [0.29, 0.717) is 5.75 Å². The first-order chi connectivity index (χ1) is 12.1. The molecule has 0 aliphatic heterocycles. The largest absolute Gasteiger partial charge is 0.497 e. The molecule has 1 N–H and O–H groups in total. The molecule has 0 aliphatic carbocycles. The van der Waals surface area contributed by atoms with Gasteiger partial charge in [0.25, 0.3) is 11.1 Å². The standard InChI is InChI=1S/C18H16N2O5/c1-24-13-6-4-5-12(9-13)11-25-16(21)10-20-18(23)15-8-3-2-7-14(15)17(22)19-20/h2-9H,10-11H2,1H3,(H,19,22). The van der Waals surface area contributed by atoms with E-state index in [4.69, 9.17) is 9.47 Å². The molecule has 0 saturated heterocycles. The van der Waals surface area contributed by atoms with Gasteiger partial charge in [0, 0.05) is 0 Å². The number of nitrogens with one attached hydrogen (secondary N) is 1. The van der Waals surface area contributed by atoms with Crippen molar-refractivity contribution in [2.45, 2.75) is 13.2 Å². The van der Waals surface area contributed by atoms with Gasteiger partial charge in [0.15, 0.2) is 0 Å². The molecule has 0 saturated carbocycles. The Hall–Kier alpha value is -3.35. The zero-order valence-corrected chi connectivity index (χ0v) is 13.5. The number of carbonyl (C=O) groups is 1. The quantitative estimate of drug-likeness (QED) is 0.710. The monoisotopic (exact) mass is 340 g/mol. The molecule has 3 aromatic rings. The molecule has 0 atom stereocenters.